The lowest BCUT2D eigenvalue weighted by atomic mass is 10.2. The number of hydrogen-bond acceptors (Lipinski definition) is 5. The lowest BCUT2D eigenvalue weighted by molar-refractivity contribution is 0.464. The second-order valence-electron chi connectivity index (χ2n) is 3.35. The summed E-state index contributed by atoms with van der Waals surface area (Å²) in [5.74, 6) is -0.274. The fourth-order valence-corrected chi connectivity index (χ4v) is 1.57. The summed E-state index contributed by atoms with van der Waals surface area (Å²) in [6.07, 6.45) is 0. The van der Waals surface area contributed by atoms with Gasteiger partial charge in [-0.15, -0.1) is 0 Å². The molecule has 90 valence electrons. The van der Waals surface area contributed by atoms with Crippen LogP contribution in [0.1, 0.15) is 5.56 Å². The number of aromatic hydroxyl groups is 1. The maximum Gasteiger partial charge on any atom is 0.266 e. The number of benzene rings is 1. The van der Waals surface area contributed by atoms with Crippen molar-refractivity contribution in [3.8, 4) is 5.75 Å². The highest BCUT2D eigenvalue weighted by Crippen LogP contribution is 2.19. The van der Waals surface area contributed by atoms with Gasteiger partial charge in [-0.25, -0.2) is 0 Å². The van der Waals surface area contributed by atoms with Gasteiger partial charge in [0.05, 0.1) is 5.75 Å². The summed E-state index contributed by atoms with van der Waals surface area (Å²) in [4.78, 5) is 0. The van der Waals surface area contributed by atoms with Crippen molar-refractivity contribution in [1.29, 1.82) is 0 Å². The first-order chi connectivity index (χ1) is 7.38. The van der Waals surface area contributed by atoms with Crippen LogP contribution < -0.4 is 11.1 Å². The molecule has 0 bridgehead atoms. The van der Waals surface area contributed by atoms with Crippen molar-refractivity contribution >= 4 is 15.8 Å². The van der Waals surface area contributed by atoms with Gasteiger partial charge in [0.15, 0.2) is 0 Å². The predicted molar refractivity (Wildman–Crippen MR) is 60.6 cm³/mol. The van der Waals surface area contributed by atoms with Crippen molar-refractivity contribution in [3.63, 3.8) is 0 Å². The summed E-state index contributed by atoms with van der Waals surface area (Å²) in [6.45, 7) is 0.388. The Morgan fingerprint density at radius 1 is 1.38 bits per heavy atom. The maximum absolute atomic E-state index is 10.4. The Morgan fingerprint density at radius 3 is 2.69 bits per heavy atom. The molecule has 0 saturated heterocycles. The summed E-state index contributed by atoms with van der Waals surface area (Å²) in [6, 6.07) is 4.63. The van der Waals surface area contributed by atoms with Crippen molar-refractivity contribution in [3.05, 3.63) is 23.8 Å². The van der Waals surface area contributed by atoms with Crippen molar-refractivity contribution in [1.82, 2.24) is 5.32 Å². The molecule has 1 rings (SSSR count). The molecule has 0 radical (unpaired) electrons. The fraction of sp³-hybridized carbons (Fsp3) is 0.333. The van der Waals surface area contributed by atoms with Gasteiger partial charge in [0.2, 0.25) is 0 Å². The largest absolute Gasteiger partial charge is 0.508 e. The summed E-state index contributed by atoms with van der Waals surface area (Å²) >= 11 is 0. The van der Waals surface area contributed by atoms with Crippen molar-refractivity contribution in [2.45, 2.75) is 6.54 Å². The molecular formula is C9H14N2O4S. The molecule has 1 aromatic carbocycles. The molecule has 0 aliphatic rings. The van der Waals surface area contributed by atoms with Crippen LogP contribution in [-0.4, -0.2) is 30.4 Å². The molecule has 0 fully saturated rings. The van der Waals surface area contributed by atoms with E-state index in [-0.39, 0.29) is 24.6 Å². The number of nitrogens with one attached hydrogen (secondary N) is 1. The Bertz CT molecular complexity index is 459. The number of phenols is 1. The number of rotatable bonds is 5. The number of hydrogen-bond donors (Lipinski definition) is 4. The minimum absolute atomic E-state index is 0.0913. The predicted octanol–water partition coefficient (Wildman–Crippen LogP) is -0.0482. The average Bonchev–Trinajstić information content (AvgIpc) is 2.16. The SMILES string of the molecule is Nc1ccc(O)c(CNCCS(=O)(=O)O)c1. The molecule has 1 aromatic rings. The highest BCUT2D eigenvalue weighted by Gasteiger charge is 2.04. The minimum atomic E-state index is -3.95. The maximum atomic E-state index is 10.4. The second kappa shape index (κ2) is 5.15. The third kappa shape index (κ3) is 4.47. The summed E-state index contributed by atoms with van der Waals surface area (Å²) in [5, 5.41) is 12.2. The summed E-state index contributed by atoms with van der Waals surface area (Å²) < 4.78 is 29.3. The van der Waals surface area contributed by atoms with Crippen molar-refractivity contribution in [2.24, 2.45) is 0 Å². The first-order valence-electron chi connectivity index (χ1n) is 4.62. The van der Waals surface area contributed by atoms with E-state index >= 15 is 0 Å². The normalized spacial score (nSPS) is 11.6. The van der Waals surface area contributed by atoms with Gasteiger partial charge in [-0.05, 0) is 18.2 Å². The van der Waals surface area contributed by atoms with Crippen LogP contribution in [0.2, 0.25) is 0 Å². The molecule has 0 heterocycles. The Hall–Kier alpha value is -1.31. The van der Waals surface area contributed by atoms with Crippen LogP contribution in [0.5, 0.6) is 5.75 Å². The first kappa shape index (κ1) is 12.8. The van der Waals surface area contributed by atoms with E-state index in [0.717, 1.165) is 0 Å². The highest BCUT2D eigenvalue weighted by atomic mass is 32.2. The molecule has 0 unspecified atom stereocenters. The van der Waals surface area contributed by atoms with E-state index < -0.39 is 10.1 Å². The second-order valence-corrected chi connectivity index (χ2v) is 4.92. The van der Waals surface area contributed by atoms with E-state index in [9.17, 15) is 13.5 Å². The number of phenolic OH excluding ortho intramolecular Hbond substituents is 1. The number of nitrogens with two attached hydrogens (primary N) is 1. The van der Waals surface area contributed by atoms with Gasteiger partial charge < -0.3 is 16.2 Å². The number of nitrogen functional groups attached to an aromatic ring is 1. The Kier molecular flexibility index (Phi) is 4.11. The van der Waals surface area contributed by atoms with E-state index in [1.807, 2.05) is 0 Å². The molecule has 0 aliphatic carbocycles. The molecule has 0 atom stereocenters. The Balaban J connectivity index is 2.46. The van der Waals surface area contributed by atoms with Crippen LogP contribution in [-0.2, 0) is 16.7 Å². The molecule has 0 amide bonds. The zero-order valence-corrected chi connectivity index (χ0v) is 9.37. The van der Waals surface area contributed by atoms with E-state index in [2.05, 4.69) is 5.32 Å². The fourth-order valence-electron chi connectivity index (χ4n) is 1.17. The van der Waals surface area contributed by atoms with Crippen molar-refractivity contribution in [2.75, 3.05) is 18.0 Å². The summed E-state index contributed by atoms with van der Waals surface area (Å²) in [5.41, 5.74) is 6.62. The van der Waals surface area contributed by atoms with Gasteiger partial charge in [0.25, 0.3) is 10.1 Å². The van der Waals surface area contributed by atoms with Gasteiger partial charge in [-0.1, -0.05) is 0 Å². The Labute approximate surface area is 93.8 Å². The molecule has 5 N–H and O–H groups in total. The molecule has 6 nitrogen and oxygen atoms in total. The van der Waals surface area contributed by atoms with Crippen molar-refractivity contribution < 1.29 is 18.1 Å². The molecular weight excluding hydrogens is 232 g/mol. The van der Waals surface area contributed by atoms with E-state index in [1.165, 1.54) is 6.07 Å². The molecule has 0 aliphatic heterocycles. The van der Waals surface area contributed by atoms with Crippen LogP contribution in [0, 0.1) is 0 Å². The van der Waals surface area contributed by atoms with Crippen LogP contribution in [0.3, 0.4) is 0 Å². The Morgan fingerprint density at radius 2 is 2.06 bits per heavy atom. The lowest BCUT2D eigenvalue weighted by Crippen LogP contribution is -2.22. The monoisotopic (exact) mass is 246 g/mol. The van der Waals surface area contributed by atoms with E-state index in [4.69, 9.17) is 10.3 Å². The highest BCUT2D eigenvalue weighted by molar-refractivity contribution is 7.85. The zero-order valence-electron chi connectivity index (χ0n) is 8.55. The van der Waals surface area contributed by atoms with E-state index in [1.54, 1.807) is 12.1 Å². The topological polar surface area (TPSA) is 113 Å². The smallest absolute Gasteiger partial charge is 0.266 e. The van der Waals surface area contributed by atoms with Gasteiger partial charge in [-0.2, -0.15) is 8.42 Å². The van der Waals surface area contributed by atoms with Gasteiger partial charge in [-0.3, -0.25) is 4.55 Å². The lowest BCUT2D eigenvalue weighted by Gasteiger charge is -2.06. The first-order valence-corrected chi connectivity index (χ1v) is 6.22. The van der Waals surface area contributed by atoms with Crippen LogP contribution in [0.4, 0.5) is 5.69 Å². The minimum Gasteiger partial charge on any atom is -0.508 e. The summed E-state index contributed by atoms with van der Waals surface area (Å²) in [7, 11) is -3.95. The molecule has 0 aromatic heterocycles. The molecule has 0 spiro atoms. The number of anilines is 1. The van der Waals surface area contributed by atoms with Gasteiger partial charge >= 0.3 is 0 Å². The average molecular weight is 246 g/mol. The molecule has 16 heavy (non-hydrogen) atoms. The van der Waals surface area contributed by atoms with Crippen LogP contribution in [0.25, 0.3) is 0 Å². The third-order valence-corrected chi connectivity index (χ3v) is 2.68. The van der Waals surface area contributed by atoms with Gasteiger partial charge in [0.1, 0.15) is 5.75 Å². The van der Waals surface area contributed by atoms with Gasteiger partial charge in [0, 0.05) is 24.3 Å². The van der Waals surface area contributed by atoms with E-state index in [0.29, 0.717) is 11.3 Å². The third-order valence-electron chi connectivity index (χ3n) is 1.96. The molecule has 7 heteroatoms. The zero-order chi connectivity index (χ0) is 12.2. The van der Waals surface area contributed by atoms with Crippen LogP contribution in [0.15, 0.2) is 18.2 Å². The standard InChI is InChI=1S/C9H14N2O4S/c10-8-1-2-9(12)7(5-8)6-11-3-4-16(13,14)15/h1-2,5,11-12H,3-4,6,10H2,(H,13,14,15). The quantitative estimate of drug-likeness (QED) is 0.251. The van der Waals surface area contributed by atoms with Crippen LogP contribution >= 0.6 is 0 Å². The molecule has 0 saturated carbocycles.